The molecule has 0 aliphatic carbocycles. The van der Waals surface area contributed by atoms with Crippen LogP contribution in [0.2, 0.25) is 0 Å². The van der Waals surface area contributed by atoms with E-state index >= 15 is 0 Å². The molecule has 0 heterocycles. The topological polar surface area (TPSA) is 428 Å². The average Bonchev–Trinajstić information content (AvgIpc) is 3.30. The van der Waals surface area contributed by atoms with Gasteiger partial charge in [0.15, 0.2) is 0 Å². The molecule has 8 amide bonds. The second-order valence-corrected chi connectivity index (χ2v) is 15.8. The fourth-order valence-corrected chi connectivity index (χ4v) is 6.43. The summed E-state index contributed by atoms with van der Waals surface area (Å²) in [6, 6.07) is 5.09. The molecule has 15 N–H and O–H groups in total. The predicted molar refractivity (Wildman–Crippen MR) is 246 cm³/mol. The molecular formula is C43H57N9O17S. The number of benzene rings is 2. The molecule has 0 fully saturated rings. The van der Waals surface area contributed by atoms with Crippen LogP contribution in [0.5, 0.6) is 0 Å². The number of carbonyl (C=O) groups excluding carboxylic acids is 7. The van der Waals surface area contributed by atoms with Crippen LogP contribution in [0.25, 0.3) is 0 Å². The van der Waals surface area contributed by atoms with E-state index in [0.717, 1.165) is 0 Å². The van der Waals surface area contributed by atoms with Crippen LogP contribution < -0.4 is 48.3 Å². The number of aliphatic carboxylic acids is 5. The average molecular weight is 1000 g/mol. The molecule has 2 rings (SSSR count). The van der Waals surface area contributed by atoms with Crippen molar-refractivity contribution in [2.75, 3.05) is 18.8 Å². The molecule has 0 aliphatic heterocycles. The molecule has 382 valence electrons. The fraction of sp³-hybridized carbons (Fsp3) is 0.442. The van der Waals surface area contributed by atoms with Gasteiger partial charge in [0.1, 0.15) is 42.3 Å². The van der Waals surface area contributed by atoms with Crippen LogP contribution in [0.3, 0.4) is 0 Å². The first-order chi connectivity index (χ1) is 33.1. The van der Waals surface area contributed by atoms with Gasteiger partial charge in [0.05, 0.1) is 6.42 Å². The summed E-state index contributed by atoms with van der Waals surface area (Å²) in [5.74, 6) is -12.9. The van der Waals surface area contributed by atoms with Crippen LogP contribution in [-0.4, -0.2) is 158 Å². The maximum absolute atomic E-state index is 13.9. The number of hydrogen-bond donors (Lipinski definition) is 15. The van der Waals surface area contributed by atoms with E-state index in [1.54, 1.807) is 60.7 Å². The van der Waals surface area contributed by atoms with Crippen molar-refractivity contribution in [2.45, 2.75) is 100 Å². The molecule has 0 radical (unpaired) electrons. The van der Waals surface area contributed by atoms with Crippen LogP contribution in [0.1, 0.15) is 56.1 Å². The van der Waals surface area contributed by atoms with E-state index in [2.05, 4.69) is 44.5 Å². The maximum atomic E-state index is 13.9. The lowest BCUT2D eigenvalue weighted by molar-refractivity contribution is -0.143. The zero-order chi connectivity index (χ0) is 52.3. The lowest BCUT2D eigenvalue weighted by Gasteiger charge is -2.24. The molecule has 27 heteroatoms. The van der Waals surface area contributed by atoms with Gasteiger partial charge < -0.3 is 73.8 Å². The highest BCUT2D eigenvalue weighted by Crippen LogP contribution is 2.09. The van der Waals surface area contributed by atoms with Gasteiger partial charge in [-0.05, 0) is 30.4 Å². The number of carboxylic acid groups (broad SMARTS) is 5. The number of nitrogens with two attached hydrogens (primary N) is 1. The molecule has 7 atom stereocenters. The Labute approximate surface area is 405 Å². The summed E-state index contributed by atoms with van der Waals surface area (Å²) in [5.41, 5.74) is 7.21. The van der Waals surface area contributed by atoms with Gasteiger partial charge in [0.25, 0.3) is 0 Å². The predicted octanol–water partition coefficient (Wildman–Crippen LogP) is -2.91. The van der Waals surface area contributed by atoms with Crippen molar-refractivity contribution >= 4 is 83.9 Å². The van der Waals surface area contributed by atoms with E-state index in [9.17, 15) is 78.0 Å². The minimum Gasteiger partial charge on any atom is -0.481 e. The third kappa shape index (κ3) is 22.8. The van der Waals surface area contributed by atoms with Gasteiger partial charge in [-0.2, -0.15) is 12.6 Å². The van der Waals surface area contributed by atoms with Gasteiger partial charge in [0, 0.05) is 50.9 Å². The summed E-state index contributed by atoms with van der Waals surface area (Å²) in [5, 5.41) is 64.5. The number of carboxylic acids is 5. The molecule has 26 nitrogen and oxygen atoms in total. The normalized spacial score (nSPS) is 13.7. The SMILES string of the molecule is N[C@@H](CNC(=O)[C@H](Cc1ccccc1)NC(=O)[C@H](Cc1ccccc1)NC(=O)CCCNC(=O)CC[C@H](NC(=O)N[C@@H](CCC(=O)O)C(=O)O)C(=O)O)C(=O)N[C@@H](CC(=O)O)C(=O)N[C@@H](CS)C(=O)O. The van der Waals surface area contributed by atoms with Gasteiger partial charge in [-0.3, -0.25) is 38.4 Å². The van der Waals surface area contributed by atoms with Gasteiger partial charge in [-0.1, -0.05) is 60.7 Å². The largest absolute Gasteiger partial charge is 0.481 e. The first-order valence-electron chi connectivity index (χ1n) is 21.5. The van der Waals surface area contributed by atoms with Crippen LogP contribution in [0.15, 0.2) is 60.7 Å². The Morgan fingerprint density at radius 1 is 0.486 bits per heavy atom. The highest BCUT2D eigenvalue weighted by molar-refractivity contribution is 7.80. The van der Waals surface area contributed by atoms with Crippen molar-refractivity contribution in [2.24, 2.45) is 5.73 Å². The van der Waals surface area contributed by atoms with E-state index in [1.165, 1.54) is 0 Å². The number of thiol groups is 1. The Bertz CT molecular complexity index is 2170. The van der Waals surface area contributed by atoms with Crippen LogP contribution in [0, 0.1) is 0 Å². The van der Waals surface area contributed by atoms with Crippen LogP contribution >= 0.6 is 12.6 Å². The summed E-state index contributed by atoms with van der Waals surface area (Å²) >= 11 is 3.83. The fourth-order valence-electron chi connectivity index (χ4n) is 6.19. The molecule has 0 saturated heterocycles. The Hall–Kier alpha value is -7.81. The number of carbonyl (C=O) groups is 12. The Kier molecular flexibility index (Phi) is 25.4. The zero-order valence-electron chi connectivity index (χ0n) is 37.5. The van der Waals surface area contributed by atoms with Crippen LogP contribution in [0.4, 0.5) is 4.79 Å². The standard InChI is InChI=1S/C43H57N9O17S/c44-25(36(59)48-30(20-35(57)58)39(62)50-31(22-70)42(67)68)21-46-37(60)28(18-23-8-3-1-4-9-23)49-38(61)29(19-24-10-5-2-6-11-24)47-33(54)12-7-17-45-32(53)15-13-26(40(63)64)51-43(69)52-27(41(65)66)14-16-34(55)56/h1-6,8-11,25-31,70H,7,12-22,44H2,(H,45,53)(H,46,60)(H,47,54)(H,48,59)(H,49,61)(H,50,62)(H,55,56)(H,57,58)(H,63,64)(H,65,66)(H,67,68)(H2,51,52,69)/t25-,26-,27-,28-,29-,30-,31-/m0/s1. The van der Waals surface area contributed by atoms with Crippen LogP contribution in [-0.2, 0) is 65.6 Å². The van der Waals surface area contributed by atoms with Crippen molar-refractivity contribution < 1.29 is 83.1 Å². The minimum atomic E-state index is -1.76. The third-order valence-corrected chi connectivity index (χ3v) is 10.3. The molecule has 2 aromatic rings. The summed E-state index contributed by atoms with van der Waals surface area (Å²) in [7, 11) is 0. The third-order valence-electron chi connectivity index (χ3n) is 9.91. The van der Waals surface area contributed by atoms with Crippen molar-refractivity contribution in [3.05, 3.63) is 71.8 Å². The van der Waals surface area contributed by atoms with E-state index in [4.69, 9.17) is 10.8 Å². The maximum Gasteiger partial charge on any atom is 0.327 e. The van der Waals surface area contributed by atoms with Gasteiger partial charge in [0.2, 0.25) is 35.4 Å². The minimum absolute atomic E-state index is 0.0394. The summed E-state index contributed by atoms with van der Waals surface area (Å²) in [4.78, 5) is 148. The highest BCUT2D eigenvalue weighted by Gasteiger charge is 2.32. The number of hydrogen-bond acceptors (Lipinski definition) is 14. The Balaban J connectivity index is 2.08. The monoisotopic (exact) mass is 1000 g/mol. The summed E-state index contributed by atoms with van der Waals surface area (Å²) < 4.78 is 0. The Morgan fingerprint density at radius 2 is 0.957 bits per heavy atom. The van der Waals surface area contributed by atoms with E-state index in [0.29, 0.717) is 11.1 Å². The smallest absolute Gasteiger partial charge is 0.327 e. The second kappa shape index (κ2) is 30.5. The van der Waals surface area contributed by atoms with E-state index in [1.807, 2.05) is 10.6 Å². The second-order valence-electron chi connectivity index (χ2n) is 15.5. The number of amides is 8. The molecule has 0 unspecified atom stereocenters. The first kappa shape index (κ1) is 58.3. The number of rotatable bonds is 32. The summed E-state index contributed by atoms with van der Waals surface area (Å²) in [6.07, 6.45) is -3.14. The molecular weight excluding hydrogens is 947 g/mol. The van der Waals surface area contributed by atoms with E-state index < -0.39 is 152 Å². The molecule has 0 aromatic heterocycles. The lowest BCUT2D eigenvalue weighted by atomic mass is 10.0. The zero-order valence-corrected chi connectivity index (χ0v) is 38.4. The molecule has 2 aromatic carbocycles. The first-order valence-corrected chi connectivity index (χ1v) is 22.1. The highest BCUT2D eigenvalue weighted by atomic mass is 32.1. The molecule has 0 spiro atoms. The molecule has 0 saturated carbocycles. The van der Waals surface area contributed by atoms with Gasteiger partial charge >= 0.3 is 35.9 Å². The van der Waals surface area contributed by atoms with Gasteiger partial charge in [-0.25, -0.2) is 19.2 Å². The molecule has 0 bridgehead atoms. The van der Waals surface area contributed by atoms with Gasteiger partial charge in [-0.15, -0.1) is 0 Å². The van der Waals surface area contributed by atoms with Crippen molar-refractivity contribution in [1.82, 2.24) is 42.5 Å². The Morgan fingerprint density at radius 3 is 1.44 bits per heavy atom. The lowest BCUT2D eigenvalue weighted by Crippen LogP contribution is -2.58. The summed E-state index contributed by atoms with van der Waals surface area (Å²) in [6.45, 7) is -0.658. The quantitative estimate of drug-likeness (QED) is 0.0258. The van der Waals surface area contributed by atoms with Crippen molar-refractivity contribution in [1.29, 1.82) is 0 Å². The van der Waals surface area contributed by atoms with Crippen molar-refractivity contribution in [3.8, 4) is 0 Å². The molecule has 70 heavy (non-hydrogen) atoms. The number of urea groups is 1. The molecule has 0 aliphatic rings. The number of nitrogens with one attached hydrogen (secondary N) is 8. The van der Waals surface area contributed by atoms with Crippen molar-refractivity contribution in [3.63, 3.8) is 0 Å². The van der Waals surface area contributed by atoms with E-state index in [-0.39, 0.29) is 38.0 Å².